The summed E-state index contributed by atoms with van der Waals surface area (Å²) >= 11 is 0. The summed E-state index contributed by atoms with van der Waals surface area (Å²) < 4.78 is 12.9. The highest BCUT2D eigenvalue weighted by atomic mass is 19.1. The summed E-state index contributed by atoms with van der Waals surface area (Å²) in [4.78, 5) is 25.2. The van der Waals surface area contributed by atoms with Crippen molar-refractivity contribution in [3.63, 3.8) is 0 Å². The van der Waals surface area contributed by atoms with Crippen LogP contribution in [0.3, 0.4) is 0 Å². The molecule has 4 nitrogen and oxygen atoms in total. The lowest BCUT2D eigenvalue weighted by Gasteiger charge is -2.26. The maximum atomic E-state index is 12.9. The Hall–Kier alpha value is -1.91. The van der Waals surface area contributed by atoms with Gasteiger partial charge < -0.3 is 10.0 Å². The lowest BCUT2D eigenvalue weighted by molar-refractivity contribution is -0.142. The maximum absolute atomic E-state index is 12.9. The van der Waals surface area contributed by atoms with Crippen LogP contribution in [0.15, 0.2) is 24.3 Å². The molecular weight excluding hydrogens is 273 g/mol. The molecule has 3 atom stereocenters. The van der Waals surface area contributed by atoms with Crippen molar-refractivity contribution < 1.29 is 19.1 Å². The number of hydrogen-bond donors (Lipinski definition) is 1. The van der Waals surface area contributed by atoms with E-state index in [1.807, 2.05) is 6.92 Å². The third-order valence-electron chi connectivity index (χ3n) is 4.64. The summed E-state index contributed by atoms with van der Waals surface area (Å²) in [5.41, 5.74) is 0.303. The van der Waals surface area contributed by atoms with Gasteiger partial charge in [0.1, 0.15) is 5.82 Å². The Balaban J connectivity index is 2.13. The third kappa shape index (κ3) is 2.64. The maximum Gasteiger partial charge on any atom is 0.307 e. The van der Waals surface area contributed by atoms with Gasteiger partial charge >= 0.3 is 5.97 Å². The molecular formula is C16H20FNO3. The second-order valence-electron chi connectivity index (χ2n) is 6.29. The topological polar surface area (TPSA) is 57.6 Å². The molecule has 0 spiro atoms. The van der Waals surface area contributed by atoms with Crippen molar-refractivity contribution in [1.29, 1.82) is 0 Å². The van der Waals surface area contributed by atoms with Crippen LogP contribution in [-0.4, -0.2) is 28.9 Å². The van der Waals surface area contributed by atoms with Gasteiger partial charge in [-0.2, -0.15) is 0 Å². The van der Waals surface area contributed by atoms with E-state index in [0.29, 0.717) is 0 Å². The van der Waals surface area contributed by atoms with Crippen molar-refractivity contribution in [2.75, 3.05) is 7.05 Å². The molecule has 1 aliphatic rings. The van der Waals surface area contributed by atoms with Gasteiger partial charge in [-0.25, -0.2) is 4.39 Å². The molecule has 0 radical (unpaired) electrons. The van der Waals surface area contributed by atoms with Crippen molar-refractivity contribution in [3.05, 3.63) is 35.6 Å². The highest BCUT2D eigenvalue weighted by molar-refractivity contribution is 5.91. The van der Waals surface area contributed by atoms with Gasteiger partial charge in [-0.3, -0.25) is 9.59 Å². The van der Waals surface area contributed by atoms with Crippen molar-refractivity contribution in [2.24, 2.45) is 17.3 Å². The highest BCUT2D eigenvalue weighted by Crippen LogP contribution is 2.59. The molecule has 0 aromatic heterocycles. The number of carbonyl (C=O) groups excluding carboxylic acids is 1. The van der Waals surface area contributed by atoms with Crippen LogP contribution in [0.4, 0.5) is 4.39 Å². The Bertz CT molecular complexity index is 567. The monoisotopic (exact) mass is 293 g/mol. The van der Waals surface area contributed by atoms with Crippen LogP contribution in [0.1, 0.15) is 32.4 Å². The summed E-state index contributed by atoms with van der Waals surface area (Å²) in [6.45, 7) is 5.44. The molecule has 5 heteroatoms. The van der Waals surface area contributed by atoms with Crippen molar-refractivity contribution in [1.82, 2.24) is 4.90 Å². The van der Waals surface area contributed by atoms with Gasteiger partial charge in [-0.05, 0) is 30.0 Å². The molecule has 1 fully saturated rings. The lowest BCUT2D eigenvalue weighted by atomic mass is 10.1. The number of carboxylic acid groups (broad SMARTS) is 1. The number of carboxylic acids is 1. The average Bonchev–Trinajstić information content (AvgIpc) is 3.00. The van der Waals surface area contributed by atoms with E-state index in [-0.39, 0.29) is 17.8 Å². The van der Waals surface area contributed by atoms with Crippen LogP contribution in [0.25, 0.3) is 0 Å². The van der Waals surface area contributed by atoms with Gasteiger partial charge in [0, 0.05) is 7.05 Å². The van der Waals surface area contributed by atoms with E-state index in [2.05, 4.69) is 0 Å². The van der Waals surface area contributed by atoms with Gasteiger partial charge in [-0.15, -0.1) is 0 Å². The molecule has 0 heterocycles. The molecule has 0 saturated heterocycles. The van der Waals surface area contributed by atoms with Gasteiger partial charge in [0.2, 0.25) is 5.91 Å². The quantitative estimate of drug-likeness (QED) is 0.928. The predicted molar refractivity (Wildman–Crippen MR) is 76.0 cm³/mol. The predicted octanol–water partition coefficient (Wildman–Crippen LogP) is 2.70. The van der Waals surface area contributed by atoms with E-state index >= 15 is 0 Å². The Morgan fingerprint density at radius 3 is 2.19 bits per heavy atom. The Kier molecular flexibility index (Phi) is 3.78. The van der Waals surface area contributed by atoms with E-state index in [9.17, 15) is 14.0 Å². The molecule has 21 heavy (non-hydrogen) atoms. The smallest absolute Gasteiger partial charge is 0.307 e. The van der Waals surface area contributed by atoms with Crippen LogP contribution in [0.2, 0.25) is 0 Å². The number of nitrogens with zero attached hydrogens (tertiary/aromatic N) is 1. The van der Waals surface area contributed by atoms with Crippen LogP contribution in [0.5, 0.6) is 0 Å². The second kappa shape index (κ2) is 5.13. The SMILES string of the molecule is CC(c1ccc(F)cc1)N(C)C(=O)C1C(C(=O)O)C1(C)C. The molecule has 0 aliphatic heterocycles. The largest absolute Gasteiger partial charge is 0.481 e. The van der Waals surface area contributed by atoms with E-state index in [4.69, 9.17) is 5.11 Å². The minimum atomic E-state index is -0.929. The van der Waals surface area contributed by atoms with Gasteiger partial charge in [0.15, 0.2) is 0 Å². The zero-order chi connectivity index (χ0) is 15.9. The van der Waals surface area contributed by atoms with Gasteiger partial charge in [-0.1, -0.05) is 26.0 Å². The van der Waals surface area contributed by atoms with Crippen molar-refractivity contribution in [3.8, 4) is 0 Å². The molecule has 1 saturated carbocycles. The Morgan fingerprint density at radius 1 is 1.24 bits per heavy atom. The van der Waals surface area contributed by atoms with Crippen LogP contribution < -0.4 is 0 Å². The fraction of sp³-hybridized carbons (Fsp3) is 0.500. The van der Waals surface area contributed by atoms with E-state index in [0.717, 1.165) is 5.56 Å². The molecule has 1 N–H and O–H groups in total. The number of hydrogen-bond acceptors (Lipinski definition) is 2. The normalized spacial score (nSPS) is 24.2. The number of benzene rings is 1. The van der Waals surface area contributed by atoms with Crippen LogP contribution in [0, 0.1) is 23.1 Å². The molecule has 1 aromatic rings. The van der Waals surface area contributed by atoms with E-state index in [1.165, 1.54) is 12.1 Å². The van der Waals surface area contributed by atoms with Gasteiger partial charge in [0.25, 0.3) is 0 Å². The van der Waals surface area contributed by atoms with E-state index < -0.39 is 23.2 Å². The molecule has 114 valence electrons. The number of amides is 1. The Labute approximate surface area is 123 Å². The fourth-order valence-electron chi connectivity index (χ4n) is 2.93. The Morgan fingerprint density at radius 2 is 1.76 bits per heavy atom. The number of aliphatic carboxylic acids is 1. The summed E-state index contributed by atoms with van der Waals surface area (Å²) in [6.07, 6.45) is 0. The number of halogens is 1. The van der Waals surface area contributed by atoms with Crippen LogP contribution >= 0.6 is 0 Å². The lowest BCUT2D eigenvalue weighted by Crippen LogP contribution is -2.32. The van der Waals surface area contributed by atoms with E-state index in [1.54, 1.807) is 37.9 Å². The first kappa shape index (κ1) is 15.5. The average molecular weight is 293 g/mol. The molecule has 1 amide bonds. The first-order valence-electron chi connectivity index (χ1n) is 6.93. The minimum absolute atomic E-state index is 0.177. The summed E-state index contributed by atoms with van der Waals surface area (Å²) in [7, 11) is 1.66. The zero-order valence-corrected chi connectivity index (χ0v) is 12.6. The molecule has 1 aliphatic carbocycles. The third-order valence-corrected chi connectivity index (χ3v) is 4.64. The highest BCUT2D eigenvalue weighted by Gasteiger charge is 2.66. The van der Waals surface area contributed by atoms with Crippen molar-refractivity contribution in [2.45, 2.75) is 26.8 Å². The van der Waals surface area contributed by atoms with Gasteiger partial charge in [0.05, 0.1) is 17.9 Å². The number of carbonyl (C=O) groups is 2. The zero-order valence-electron chi connectivity index (χ0n) is 12.6. The summed E-state index contributed by atoms with van der Waals surface area (Å²) in [5.74, 6) is -2.56. The van der Waals surface area contributed by atoms with Crippen LogP contribution in [-0.2, 0) is 9.59 Å². The molecule has 2 rings (SSSR count). The van der Waals surface area contributed by atoms with Crippen molar-refractivity contribution >= 4 is 11.9 Å². The first-order valence-corrected chi connectivity index (χ1v) is 6.93. The molecule has 0 bridgehead atoms. The number of rotatable bonds is 4. The first-order chi connectivity index (χ1) is 9.67. The summed E-state index contributed by atoms with van der Waals surface area (Å²) in [5, 5.41) is 9.16. The minimum Gasteiger partial charge on any atom is -0.481 e. The molecule has 1 aromatic carbocycles. The molecule has 3 unspecified atom stereocenters. The second-order valence-corrected chi connectivity index (χ2v) is 6.29. The standard InChI is InChI=1S/C16H20FNO3/c1-9(10-5-7-11(17)8-6-10)18(4)14(19)12-13(15(20)21)16(12,2)3/h5-9,12-13H,1-4H3,(H,20,21). The summed E-state index contributed by atoms with van der Waals surface area (Å²) in [6, 6.07) is 5.74. The fourth-order valence-corrected chi connectivity index (χ4v) is 2.93.